The lowest BCUT2D eigenvalue weighted by molar-refractivity contribution is -0.138. The molecule has 2 N–H and O–H groups in total. The van der Waals surface area contributed by atoms with Crippen molar-refractivity contribution in [2.24, 2.45) is 18.9 Å². The predicted molar refractivity (Wildman–Crippen MR) is 227 cm³/mol. The van der Waals surface area contributed by atoms with Gasteiger partial charge in [-0.15, -0.1) is 0 Å². The number of nitrogens with one attached hydrogen (secondary N) is 2. The van der Waals surface area contributed by atoms with Crippen LogP contribution in [0.4, 0.5) is 5.69 Å². The molecule has 0 radical (unpaired) electrons. The number of imidazole rings is 1. The number of aryl methyl sites for hydroxylation is 2. The van der Waals surface area contributed by atoms with Crippen molar-refractivity contribution in [1.82, 2.24) is 39.8 Å². The number of amides is 3. The van der Waals surface area contributed by atoms with Gasteiger partial charge >= 0.3 is 0 Å². The average molecular weight is 818 g/mol. The number of hydrogen-bond acceptors (Lipinski definition) is 9. The van der Waals surface area contributed by atoms with E-state index < -0.39 is 0 Å². The third kappa shape index (κ3) is 8.45. The maximum absolute atomic E-state index is 13.7. The number of piperidine rings is 4. The number of fused-ring (bicyclic) bond motifs is 1. The number of pyridine rings is 1. The van der Waals surface area contributed by atoms with E-state index in [0.29, 0.717) is 64.1 Å². The maximum Gasteiger partial charge on any atom is 0.234 e. The second kappa shape index (κ2) is 16.8. The quantitative estimate of drug-likeness (QED) is 0.151. The monoisotopic (exact) mass is 817 g/mol. The lowest BCUT2D eigenvalue weighted by Crippen LogP contribution is -2.46. The van der Waals surface area contributed by atoms with Crippen LogP contribution in [0, 0.1) is 18.8 Å². The molecule has 13 nitrogen and oxygen atoms in total. The van der Waals surface area contributed by atoms with Gasteiger partial charge in [0.05, 0.1) is 23.4 Å². The molecule has 9 rings (SSSR count). The number of aromatic amines is 1. The van der Waals surface area contributed by atoms with Crippen LogP contribution in [0.3, 0.4) is 0 Å². The maximum atomic E-state index is 13.7. The normalized spacial score (nSPS) is 20.4. The number of carbonyl (C=O) groups excluding carboxylic acids is 3. The Morgan fingerprint density at radius 2 is 1.68 bits per heavy atom. The van der Waals surface area contributed by atoms with Gasteiger partial charge in [0.25, 0.3) is 0 Å². The summed E-state index contributed by atoms with van der Waals surface area (Å²) >= 11 is 6.59. The van der Waals surface area contributed by atoms with E-state index in [2.05, 4.69) is 64.3 Å². The minimum absolute atomic E-state index is 0.114. The zero-order chi connectivity index (χ0) is 40.6. The van der Waals surface area contributed by atoms with Crippen molar-refractivity contribution in [3.63, 3.8) is 0 Å². The van der Waals surface area contributed by atoms with Gasteiger partial charge in [-0.3, -0.25) is 24.4 Å². The highest BCUT2D eigenvalue weighted by Crippen LogP contribution is 2.38. The molecule has 0 unspecified atom stereocenters. The number of ether oxygens (including phenoxy) is 1. The fourth-order valence-electron chi connectivity index (χ4n) is 9.64. The Bertz CT molecular complexity index is 2330. The first-order valence-electron chi connectivity index (χ1n) is 21.2. The van der Waals surface area contributed by atoms with Crippen LogP contribution in [0.15, 0.2) is 60.9 Å². The van der Waals surface area contributed by atoms with Crippen LogP contribution in [-0.2, 0) is 21.4 Å². The van der Waals surface area contributed by atoms with Crippen molar-refractivity contribution in [2.75, 3.05) is 50.7 Å². The second-order valence-corrected chi connectivity index (χ2v) is 17.3. The summed E-state index contributed by atoms with van der Waals surface area (Å²) in [6.45, 7) is 8.58. The number of H-pyrrole nitrogens is 1. The molecule has 14 heteroatoms. The van der Waals surface area contributed by atoms with Gasteiger partial charge in [0, 0.05) is 64.0 Å². The van der Waals surface area contributed by atoms with E-state index in [1.165, 1.54) is 5.56 Å². The topological polar surface area (TPSA) is 142 Å². The summed E-state index contributed by atoms with van der Waals surface area (Å²) in [7, 11) is 1.88. The SMILES string of the molecule is Cc1nn(C)cc1-c1nc2ncc(Cl)c(Oc3ccc(C4CCN(C(=O)C5CCN(CC6CCN(c7cccc([C@@H]8CCC(=O)NC8=O)c7)CC6)CC5)CC4)cc3)c2[nH]1. The van der Waals surface area contributed by atoms with E-state index in [1.807, 2.05) is 44.4 Å². The highest BCUT2D eigenvalue weighted by atomic mass is 35.5. The lowest BCUT2D eigenvalue weighted by atomic mass is 9.87. The molecule has 4 aliphatic heterocycles. The van der Waals surface area contributed by atoms with E-state index in [9.17, 15) is 14.4 Å². The molecular formula is C45H52ClN9O4. The van der Waals surface area contributed by atoms with Crippen molar-refractivity contribution >= 4 is 46.2 Å². The standard InChI is InChI=1S/C45H52ClN9O4/c1-28-37(27-52(2)51-28)42-49-40-41(38(46)25-47-43(40)50-42)59-35-8-6-30(7-9-35)31-16-22-55(23-17-31)45(58)32-14-18-53(19-15-32)26-29-12-20-54(21-13-29)34-5-3-4-33(24-34)36-10-11-39(56)48-44(36)57/h3-9,24-25,27,29,31-32,36H,10-23,26H2,1-2H3,(H,47,49,50)(H,48,56,57)/t36-/m0/s1. The van der Waals surface area contributed by atoms with Crippen molar-refractivity contribution in [3.8, 4) is 22.9 Å². The van der Waals surface area contributed by atoms with Crippen LogP contribution >= 0.6 is 11.6 Å². The van der Waals surface area contributed by atoms with Crippen LogP contribution in [0.1, 0.15) is 80.0 Å². The first-order chi connectivity index (χ1) is 28.6. The van der Waals surface area contributed by atoms with Gasteiger partial charge in [0.2, 0.25) is 17.7 Å². The van der Waals surface area contributed by atoms with Gasteiger partial charge in [-0.05, 0) is 112 Å². The molecule has 59 heavy (non-hydrogen) atoms. The van der Waals surface area contributed by atoms with Gasteiger partial charge < -0.3 is 24.4 Å². The van der Waals surface area contributed by atoms with Crippen molar-refractivity contribution < 1.29 is 19.1 Å². The minimum atomic E-state index is -0.258. The van der Waals surface area contributed by atoms with Crippen LogP contribution < -0.4 is 15.0 Å². The highest BCUT2D eigenvalue weighted by Gasteiger charge is 2.33. The Morgan fingerprint density at radius 1 is 0.915 bits per heavy atom. The number of aromatic nitrogens is 5. The third-order valence-corrected chi connectivity index (χ3v) is 13.3. The van der Waals surface area contributed by atoms with E-state index >= 15 is 0 Å². The van der Waals surface area contributed by atoms with Gasteiger partial charge in [0.1, 0.15) is 22.1 Å². The van der Waals surface area contributed by atoms with Gasteiger partial charge in [-0.2, -0.15) is 5.10 Å². The number of imide groups is 1. The molecule has 308 valence electrons. The van der Waals surface area contributed by atoms with E-state index in [1.54, 1.807) is 10.9 Å². The number of benzene rings is 2. The number of hydrogen-bond donors (Lipinski definition) is 2. The molecule has 1 atom stereocenters. The number of likely N-dealkylation sites (tertiary alicyclic amines) is 2. The molecule has 7 heterocycles. The van der Waals surface area contributed by atoms with Crippen molar-refractivity contribution in [1.29, 1.82) is 0 Å². The Balaban J connectivity index is 0.718. The summed E-state index contributed by atoms with van der Waals surface area (Å²) in [6.07, 6.45) is 10.5. The Hall–Kier alpha value is -5.27. The summed E-state index contributed by atoms with van der Waals surface area (Å²) in [5.41, 5.74) is 6.32. The number of rotatable bonds is 9. The average Bonchev–Trinajstić information content (AvgIpc) is 3.84. The van der Waals surface area contributed by atoms with Gasteiger partial charge in [0.15, 0.2) is 11.4 Å². The van der Waals surface area contributed by atoms with Crippen LogP contribution in [0.5, 0.6) is 11.5 Å². The second-order valence-electron chi connectivity index (χ2n) is 16.9. The lowest BCUT2D eigenvalue weighted by Gasteiger charge is -2.40. The molecular weight excluding hydrogens is 766 g/mol. The van der Waals surface area contributed by atoms with E-state index in [4.69, 9.17) is 16.3 Å². The Morgan fingerprint density at radius 3 is 2.39 bits per heavy atom. The summed E-state index contributed by atoms with van der Waals surface area (Å²) < 4.78 is 8.08. The number of carbonyl (C=O) groups is 3. The molecule has 3 aromatic heterocycles. The van der Waals surface area contributed by atoms with Gasteiger partial charge in [-0.25, -0.2) is 9.97 Å². The number of halogens is 1. The molecule has 0 bridgehead atoms. The predicted octanol–water partition coefficient (Wildman–Crippen LogP) is 6.97. The summed E-state index contributed by atoms with van der Waals surface area (Å²) in [4.78, 5) is 57.3. The summed E-state index contributed by atoms with van der Waals surface area (Å²) in [6, 6.07) is 16.5. The van der Waals surface area contributed by atoms with Crippen molar-refractivity contribution in [2.45, 2.75) is 70.1 Å². The minimum Gasteiger partial charge on any atom is -0.453 e. The molecule has 3 amide bonds. The molecule has 5 aromatic rings. The fourth-order valence-corrected chi connectivity index (χ4v) is 9.82. The van der Waals surface area contributed by atoms with Gasteiger partial charge in [-0.1, -0.05) is 35.9 Å². The zero-order valence-corrected chi connectivity index (χ0v) is 34.6. The smallest absolute Gasteiger partial charge is 0.234 e. The van der Waals surface area contributed by atoms with Crippen LogP contribution in [0.2, 0.25) is 5.02 Å². The molecule has 4 fully saturated rings. The highest BCUT2D eigenvalue weighted by molar-refractivity contribution is 6.32. The first-order valence-corrected chi connectivity index (χ1v) is 21.6. The Labute approximate surface area is 349 Å². The summed E-state index contributed by atoms with van der Waals surface area (Å²) in [5.74, 6) is 2.69. The summed E-state index contributed by atoms with van der Waals surface area (Å²) in [5, 5.41) is 7.32. The molecule has 4 saturated heterocycles. The van der Waals surface area contributed by atoms with Crippen LogP contribution in [0.25, 0.3) is 22.6 Å². The number of anilines is 1. The van der Waals surface area contributed by atoms with E-state index in [-0.39, 0.29) is 23.7 Å². The largest absolute Gasteiger partial charge is 0.453 e. The van der Waals surface area contributed by atoms with Crippen molar-refractivity contribution in [3.05, 3.63) is 82.8 Å². The van der Waals surface area contributed by atoms with E-state index in [0.717, 1.165) is 107 Å². The molecule has 2 aromatic carbocycles. The molecule has 0 spiro atoms. The zero-order valence-electron chi connectivity index (χ0n) is 33.8. The Kier molecular flexibility index (Phi) is 11.1. The molecule has 4 aliphatic rings. The fraction of sp³-hybridized carbons (Fsp3) is 0.467. The number of nitrogens with zero attached hydrogens (tertiary/aromatic N) is 7. The van der Waals surface area contributed by atoms with Crippen LogP contribution in [-0.4, -0.2) is 98.1 Å². The third-order valence-electron chi connectivity index (χ3n) is 13.0. The molecule has 0 saturated carbocycles. The molecule has 0 aliphatic carbocycles. The first kappa shape index (κ1) is 39.2.